The third-order valence-electron chi connectivity index (χ3n) is 5.07. The van der Waals surface area contributed by atoms with Crippen molar-refractivity contribution in [1.29, 1.82) is 0 Å². The molecule has 0 aliphatic carbocycles. The Hall–Kier alpha value is -1.46. The number of thioether (sulfide) groups is 1. The number of rotatable bonds is 3. The molecule has 2 aliphatic rings. The predicted octanol–water partition coefficient (Wildman–Crippen LogP) is 3.19. The number of aryl methyl sites for hydroxylation is 1. The predicted molar refractivity (Wildman–Crippen MR) is 93.7 cm³/mol. The van der Waals surface area contributed by atoms with Crippen LogP contribution < -0.4 is 4.74 Å². The minimum atomic E-state index is 0.0983. The SMILES string of the molecule is COc1cccc2c1c1c(n2C)SCC(CN2CCCC2)C1=O. The first-order valence-electron chi connectivity index (χ1n) is 8.25. The standard InChI is InChI=1S/C18H22N2O2S/c1-19-13-6-5-7-14(22-2)15(13)16-17(21)12(11-23-18(16)19)10-20-8-3-4-9-20/h5-7,12H,3-4,8-11H2,1-2H3. The number of methoxy groups -OCH3 is 1. The summed E-state index contributed by atoms with van der Waals surface area (Å²) >= 11 is 1.82. The lowest BCUT2D eigenvalue weighted by Gasteiger charge is -2.26. The average Bonchev–Trinajstić information content (AvgIpc) is 3.17. The van der Waals surface area contributed by atoms with Gasteiger partial charge in [-0.25, -0.2) is 0 Å². The summed E-state index contributed by atoms with van der Waals surface area (Å²) in [5, 5.41) is 2.07. The van der Waals surface area contributed by atoms with Gasteiger partial charge >= 0.3 is 0 Å². The van der Waals surface area contributed by atoms with E-state index in [1.165, 1.54) is 12.8 Å². The molecule has 4 nitrogen and oxygen atoms in total. The van der Waals surface area contributed by atoms with E-state index in [1.54, 1.807) is 7.11 Å². The quantitative estimate of drug-likeness (QED) is 0.866. The summed E-state index contributed by atoms with van der Waals surface area (Å²) in [5.74, 6) is 2.08. The van der Waals surface area contributed by atoms with Crippen molar-refractivity contribution in [2.45, 2.75) is 17.9 Å². The van der Waals surface area contributed by atoms with E-state index in [1.807, 2.05) is 30.9 Å². The zero-order valence-corrected chi connectivity index (χ0v) is 14.5. The summed E-state index contributed by atoms with van der Waals surface area (Å²) < 4.78 is 7.68. The molecule has 23 heavy (non-hydrogen) atoms. The van der Waals surface area contributed by atoms with Crippen LogP contribution in [-0.2, 0) is 7.05 Å². The number of carbonyl (C=O) groups is 1. The van der Waals surface area contributed by atoms with Crippen LogP contribution in [0.3, 0.4) is 0 Å². The first-order chi connectivity index (χ1) is 11.2. The Balaban J connectivity index is 1.77. The van der Waals surface area contributed by atoms with Crippen molar-refractivity contribution in [3.63, 3.8) is 0 Å². The molecule has 0 radical (unpaired) electrons. The highest BCUT2D eigenvalue weighted by Crippen LogP contribution is 2.42. The van der Waals surface area contributed by atoms with E-state index in [0.29, 0.717) is 5.78 Å². The average molecular weight is 330 g/mol. The maximum atomic E-state index is 13.2. The fraction of sp³-hybridized carbons (Fsp3) is 0.500. The van der Waals surface area contributed by atoms with Crippen molar-refractivity contribution in [2.75, 3.05) is 32.5 Å². The molecular formula is C18H22N2O2S. The van der Waals surface area contributed by atoms with Crippen molar-refractivity contribution in [1.82, 2.24) is 9.47 Å². The normalized spacial score (nSPS) is 21.8. The number of hydrogen-bond acceptors (Lipinski definition) is 4. The van der Waals surface area contributed by atoms with Gasteiger partial charge < -0.3 is 14.2 Å². The molecule has 2 aromatic rings. The summed E-state index contributed by atoms with van der Waals surface area (Å²) in [6, 6.07) is 6.01. The molecular weight excluding hydrogens is 308 g/mol. The van der Waals surface area contributed by atoms with Gasteiger partial charge in [0.15, 0.2) is 5.78 Å². The number of likely N-dealkylation sites (tertiary alicyclic amines) is 1. The largest absolute Gasteiger partial charge is 0.496 e. The molecule has 1 atom stereocenters. The molecule has 122 valence electrons. The smallest absolute Gasteiger partial charge is 0.171 e. The third-order valence-corrected chi connectivity index (χ3v) is 6.39. The zero-order valence-electron chi connectivity index (χ0n) is 13.7. The molecule has 5 heteroatoms. The molecule has 2 aliphatic heterocycles. The first kappa shape index (κ1) is 15.1. The van der Waals surface area contributed by atoms with Gasteiger partial charge in [-0.05, 0) is 38.1 Å². The summed E-state index contributed by atoms with van der Waals surface area (Å²) in [6.45, 7) is 3.18. The van der Waals surface area contributed by atoms with Crippen LogP contribution in [0.2, 0.25) is 0 Å². The fourth-order valence-corrected chi connectivity index (χ4v) is 5.13. The second-order valence-electron chi connectivity index (χ2n) is 6.47. The second kappa shape index (κ2) is 5.87. The Labute approximate surface area is 140 Å². The Morgan fingerprint density at radius 1 is 1.30 bits per heavy atom. The van der Waals surface area contributed by atoms with Crippen LogP contribution in [0.5, 0.6) is 5.75 Å². The van der Waals surface area contributed by atoms with E-state index in [9.17, 15) is 4.79 Å². The topological polar surface area (TPSA) is 34.5 Å². The molecule has 0 amide bonds. The zero-order chi connectivity index (χ0) is 16.0. The monoisotopic (exact) mass is 330 g/mol. The first-order valence-corrected chi connectivity index (χ1v) is 9.24. The molecule has 0 spiro atoms. The number of fused-ring (bicyclic) bond motifs is 3. The van der Waals surface area contributed by atoms with E-state index >= 15 is 0 Å². The lowest BCUT2D eigenvalue weighted by molar-refractivity contribution is 0.0901. The summed E-state index contributed by atoms with van der Waals surface area (Å²) in [5.41, 5.74) is 1.96. The molecule has 1 saturated heterocycles. The molecule has 0 N–H and O–H groups in total. The molecule has 1 aromatic carbocycles. The summed E-state index contributed by atoms with van der Waals surface area (Å²) in [6.07, 6.45) is 2.53. The fourth-order valence-electron chi connectivity index (χ4n) is 3.87. The third kappa shape index (κ3) is 2.37. The summed E-state index contributed by atoms with van der Waals surface area (Å²) in [7, 11) is 3.72. The molecule has 4 rings (SSSR count). The lowest BCUT2D eigenvalue weighted by atomic mass is 9.97. The van der Waals surface area contributed by atoms with Crippen LogP contribution in [0.25, 0.3) is 10.9 Å². The Morgan fingerprint density at radius 2 is 2.09 bits per heavy atom. The van der Waals surface area contributed by atoms with Crippen LogP contribution in [-0.4, -0.2) is 47.7 Å². The maximum Gasteiger partial charge on any atom is 0.171 e. The van der Waals surface area contributed by atoms with Crippen molar-refractivity contribution in [2.24, 2.45) is 13.0 Å². The Morgan fingerprint density at radius 3 is 2.83 bits per heavy atom. The number of benzene rings is 1. The number of hydrogen-bond donors (Lipinski definition) is 0. The number of ketones is 1. The number of nitrogens with zero attached hydrogens (tertiary/aromatic N) is 2. The van der Waals surface area contributed by atoms with Crippen molar-refractivity contribution >= 4 is 28.4 Å². The number of Topliss-reactive ketones (excluding diaryl/α,β-unsaturated/α-hetero) is 1. The van der Waals surface area contributed by atoms with Gasteiger partial charge in [0.25, 0.3) is 0 Å². The second-order valence-corrected chi connectivity index (χ2v) is 7.48. The lowest BCUT2D eigenvalue weighted by Crippen LogP contribution is -2.34. The van der Waals surface area contributed by atoms with Gasteiger partial charge in [-0.15, -0.1) is 11.8 Å². The van der Waals surface area contributed by atoms with E-state index in [0.717, 1.165) is 52.6 Å². The maximum absolute atomic E-state index is 13.2. The molecule has 0 saturated carbocycles. The van der Waals surface area contributed by atoms with Gasteiger partial charge in [-0.2, -0.15) is 0 Å². The number of carbonyl (C=O) groups excluding carboxylic acids is 1. The van der Waals surface area contributed by atoms with E-state index < -0.39 is 0 Å². The van der Waals surface area contributed by atoms with Gasteiger partial charge in [0, 0.05) is 25.3 Å². The van der Waals surface area contributed by atoms with Gasteiger partial charge in [0.05, 0.1) is 28.6 Å². The van der Waals surface area contributed by atoms with Crippen molar-refractivity contribution in [3.8, 4) is 5.75 Å². The van der Waals surface area contributed by atoms with Crippen LogP contribution in [0, 0.1) is 5.92 Å². The van der Waals surface area contributed by atoms with Crippen molar-refractivity contribution < 1.29 is 9.53 Å². The Kier molecular flexibility index (Phi) is 3.85. The van der Waals surface area contributed by atoms with E-state index in [4.69, 9.17) is 4.74 Å². The van der Waals surface area contributed by atoms with Gasteiger partial charge in [-0.3, -0.25) is 4.79 Å². The highest BCUT2D eigenvalue weighted by Gasteiger charge is 2.35. The molecule has 3 heterocycles. The van der Waals surface area contributed by atoms with Crippen LogP contribution in [0.15, 0.2) is 23.2 Å². The van der Waals surface area contributed by atoms with Crippen LogP contribution >= 0.6 is 11.8 Å². The van der Waals surface area contributed by atoms with Gasteiger partial charge in [0.1, 0.15) is 5.75 Å². The molecule has 0 bridgehead atoms. The van der Waals surface area contributed by atoms with Gasteiger partial charge in [0.2, 0.25) is 0 Å². The highest BCUT2D eigenvalue weighted by atomic mass is 32.2. The van der Waals surface area contributed by atoms with E-state index in [-0.39, 0.29) is 5.92 Å². The number of aromatic nitrogens is 1. The van der Waals surface area contributed by atoms with Crippen LogP contribution in [0.1, 0.15) is 23.2 Å². The minimum absolute atomic E-state index is 0.0983. The van der Waals surface area contributed by atoms with E-state index in [2.05, 4.69) is 15.5 Å². The molecule has 1 fully saturated rings. The molecule has 1 aromatic heterocycles. The van der Waals surface area contributed by atoms with Crippen LogP contribution in [0.4, 0.5) is 0 Å². The van der Waals surface area contributed by atoms with Crippen molar-refractivity contribution in [3.05, 3.63) is 23.8 Å². The minimum Gasteiger partial charge on any atom is -0.496 e. The highest BCUT2D eigenvalue weighted by molar-refractivity contribution is 7.99. The molecule has 1 unspecified atom stereocenters. The summed E-state index contributed by atoms with van der Waals surface area (Å²) in [4.78, 5) is 15.6. The number of ether oxygens (including phenoxy) is 1. The van der Waals surface area contributed by atoms with Gasteiger partial charge in [-0.1, -0.05) is 6.07 Å². The Bertz CT molecular complexity index is 762.